The Labute approximate surface area is 137 Å². The molecule has 1 heterocycles. The Bertz CT molecular complexity index is 528. The maximum Gasteiger partial charge on any atom is 0.239 e. The van der Waals surface area contributed by atoms with E-state index in [0.29, 0.717) is 6.54 Å². The van der Waals surface area contributed by atoms with Crippen molar-refractivity contribution < 1.29 is 9.59 Å². The van der Waals surface area contributed by atoms with Crippen molar-refractivity contribution in [3.63, 3.8) is 0 Å². The number of nitrogens with zero attached hydrogens (tertiary/aromatic N) is 2. The van der Waals surface area contributed by atoms with Crippen molar-refractivity contribution in [1.82, 2.24) is 20.4 Å². The summed E-state index contributed by atoms with van der Waals surface area (Å²) in [6.45, 7) is 7.90. The van der Waals surface area contributed by atoms with Crippen LogP contribution in [0.2, 0.25) is 0 Å². The number of amides is 2. The molecule has 0 unspecified atom stereocenters. The van der Waals surface area contributed by atoms with Gasteiger partial charge in [0.1, 0.15) is 0 Å². The Morgan fingerprint density at radius 3 is 2.32 bits per heavy atom. The molecule has 126 valence electrons. The average Bonchev–Trinajstić information content (AvgIpc) is 2.66. The number of carbonyl (C=O) groups is 2. The quantitative estimate of drug-likeness (QED) is 0.691. The second-order valence-electron chi connectivity index (χ2n) is 5.54. The van der Waals surface area contributed by atoms with Gasteiger partial charge in [0, 0.05) is 24.8 Å². The van der Waals surface area contributed by atoms with Gasteiger partial charge in [0.25, 0.3) is 0 Å². The lowest BCUT2D eigenvalue weighted by Gasteiger charge is -2.15. The topological polar surface area (TPSA) is 102 Å². The summed E-state index contributed by atoms with van der Waals surface area (Å²) in [5.41, 5.74) is 8.60. The van der Waals surface area contributed by atoms with E-state index in [1.165, 1.54) is 0 Å². The Kier molecular flexibility index (Phi) is 8.11. The zero-order valence-electron chi connectivity index (χ0n) is 13.8. The van der Waals surface area contributed by atoms with Crippen LogP contribution in [-0.2, 0) is 23.2 Å². The molecular weight excluding hydrogens is 306 g/mol. The summed E-state index contributed by atoms with van der Waals surface area (Å²) in [6.07, 6.45) is 0. The molecule has 4 N–H and O–H groups in total. The van der Waals surface area contributed by atoms with Crippen molar-refractivity contribution in [3.8, 4) is 0 Å². The Hall–Kier alpha value is -1.60. The molecule has 0 spiro atoms. The standard InChI is InChI=1S/C14H25N5O2.ClH/c1-8(2)13(15)14(21)17-7-12(20)16-6-11-9(3)18-19(5)10(11)4;/h8,13H,6-7,15H2,1-5H3,(H,16,20)(H,17,21);1H/t13-;/m0./s1. The zero-order valence-corrected chi connectivity index (χ0v) is 14.6. The SMILES string of the molecule is Cc1nn(C)c(C)c1CNC(=O)CNC(=O)[C@@H](N)C(C)C.Cl. The van der Waals surface area contributed by atoms with E-state index in [1.54, 1.807) is 4.68 Å². The summed E-state index contributed by atoms with van der Waals surface area (Å²) in [5, 5.41) is 9.59. The Morgan fingerprint density at radius 1 is 1.27 bits per heavy atom. The molecule has 0 aliphatic carbocycles. The molecule has 1 aromatic rings. The van der Waals surface area contributed by atoms with E-state index in [-0.39, 0.29) is 36.7 Å². The van der Waals surface area contributed by atoms with Crippen LogP contribution in [0.3, 0.4) is 0 Å². The second kappa shape index (κ2) is 8.75. The first-order valence-electron chi connectivity index (χ1n) is 7.03. The van der Waals surface area contributed by atoms with Crippen LogP contribution in [0.1, 0.15) is 30.8 Å². The molecule has 0 fully saturated rings. The van der Waals surface area contributed by atoms with Gasteiger partial charge in [0.05, 0.1) is 18.3 Å². The molecular formula is C14H26ClN5O2. The molecule has 0 aromatic carbocycles. The second-order valence-corrected chi connectivity index (χ2v) is 5.54. The predicted molar refractivity (Wildman–Crippen MR) is 87.6 cm³/mol. The Morgan fingerprint density at radius 2 is 1.86 bits per heavy atom. The van der Waals surface area contributed by atoms with Gasteiger partial charge in [-0.15, -0.1) is 12.4 Å². The third kappa shape index (κ3) is 5.31. The fourth-order valence-electron chi connectivity index (χ4n) is 1.91. The number of aromatic nitrogens is 2. The van der Waals surface area contributed by atoms with E-state index in [9.17, 15) is 9.59 Å². The molecule has 1 atom stereocenters. The molecule has 0 aliphatic heterocycles. The van der Waals surface area contributed by atoms with Gasteiger partial charge < -0.3 is 16.4 Å². The molecule has 0 radical (unpaired) electrons. The fourth-order valence-corrected chi connectivity index (χ4v) is 1.91. The van der Waals surface area contributed by atoms with E-state index >= 15 is 0 Å². The number of nitrogens with two attached hydrogens (primary N) is 1. The highest BCUT2D eigenvalue weighted by Crippen LogP contribution is 2.10. The molecule has 1 aromatic heterocycles. The van der Waals surface area contributed by atoms with Crippen molar-refractivity contribution in [2.75, 3.05) is 6.54 Å². The Balaban J connectivity index is 0.00000441. The lowest BCUT2D eigenvalue weighted by molar-refractivity contribution is -0.127. The van der Waals surface area contributed by atoms with Crippen LogP contribution in [-0.4, -0.2) is 34.2 Å². The first kappa shape index (κ1) is 20.4. The van der Waals surface area contributed by atoms with Crippen LogP contribution in [0.4, 0.5) is 0 Å². The van der Waals surface area contributed by atoms with Crippen LogP contribution in [0, 0.1) is 19.8 Å². The van der Waals surface area contributed by atoms with Crippen LogP contribution in [0.15, 0.2) is 0 Å². The molecule has 2 amide bonds. The van der Waals surface area contributed by atoms with Crippen molar-refractivity contribution in [2.24, 2.45) is 18.7 Å². The number of hydrogen-bond acceptors (Lipinski definition) is 4. The summed E-state index contributed by atoms with van der Waals surface area (Å²) in [5.74, 6) is -0.524. The van der Waals surface area contributed by atoms with Crippen LogP contribution in [0.5, 0.6) is 0 Å². The molecule has 7 nitrogen and oxygen atoms in total. The van der Waals surface area contributed by atoms with Gasteiger partial charge in [-0.3, -0.25) is 14.3 Å². The number of rotatable bonds is 6. The number of aryl methyl sites for hydroxylation is 2. The minimum Gasteiger partial charge on any atom is -0.350 e. The normalized spacial score (nSPS) is 11.8. The van der Waals surface area contributed by atoms with Crippen LogP contribution < -0.4 is 16.4 Å². The fraction of sp³-hybridized carbons (Fsp3) is 0.643. The maximum absolute atomic E-state index is 11.7. The highest BCUT2D eigenvalue weighted by Gasteiger charge is 2.17. The van der Waals surface area contributed by atoms with Gasteiger partial charge in [-0.05, 0) is 19.8 Å². The third-order valence-corrected chi connectivity index (χ3v) is 3.57. The third-order valence-electron chi connectivity index (χ3n) is 3.57. The molecule has 0 saturated heterocycles. The average molecular weight is 332 g/mol. The van der Waals surface area contributed by atoms with Gasteiger partial charge in [0.15, 0.2) is 0 Å². The predicted octanol–water partition coefficient (Wildman–Crippen LogP) is 0.174. The molecule has 1 rings (SSSR count). The summed E-state index contributed by atoms with van der Waals surface area (Å²) < 4.78 is 1.78. The van der Waals surface area contributed by atoms with E-state index in [1.807, 2.05) is 34.7 Å². The van der Waals surface area contributed by atoms with Gasteiger partial charge in [-0.25, -0.2) is 0 Å². The van der Waals surface area contributed by atoms with E-state index < -0.39 is 6.04 Å². The van der Waals surface area contributed by atoms with Gasteiger partial charge in [-0.2, -0.15) is 5.10 Å². The molecule has 8 heteroatoms. The van der Waals surface area contributed by atoms with Crippen LogP contribution in [0.25, 0.3) is 0 Å². The number of carbonyl (C=O) groups excluding carboxylic acids is 2. The lowest BCUT2D eigenvalue weighted by Crippen LogP contribution is -2.47. The van der Waals surface area contributed by atoms with Crippen LogP contribution >= 0.6 is 12.4 Å². The molecule has 0 aliphatic rings. The summed E-state index contributed by atoms with van der Waals surface area (Å²) in [6, 6.07) is -0.597. The van der Waals surface area contributed by atoms with Gasteiger partial charge in [0.2, 0.25) is 11.8 Å². The van der Waals surface area contributed by atoms with Crippen molar-refractivity contribution >= 4 is 24.2 Å². The highest BCUT2D eigenvalue weighted by atomic mass is 35.5. The minimum absolute atomic E-state index is 0. The summed E-state index contributed by atoms with van der Waals surface area (Å²) >= 11 is 0. The van der Waals surface area contributed by atoms with E-state index in [4.69, 9.17) is 5.73 Å². The molecule has 0 bridgehead atoms. The monoisotopic (exact) mass is 331 g/mol. The number of halogens is 1. The summed E-state index contributed by atoms with van der Waals surface area (Å²) in [4.78, 5) is 23.4. The summed E-state index contributed by atoms with van der Waals surface area (Å²) in [7, 11) is 1.86. The van der Waals surface area contributed by atoms with Crippen molar-refractivity contribution in [1.29, 1.82) is 0 Å². The highest BCUT2D eigenvalue weighted by molar-refractivity contribution is 5.87. The number of hydrogen-bond donors (Lipinski definition) is 3. The zero-order chi connectivity index (χ0) is 16.2. The van der Waals surface area contributed by atoms with E-state index in [2.05, 4.69) is 15.7 Å². The first-order chi connectivity index (χ1) is 9.73. The minimum atomic E-state index is -0.597. The number of nitrogens with one attached hydrogen (secondary N) is 2. The van der Waals surface area contributed by atoms with Gasteiger partial charge in [-0.1, -0.05) is 13.8 Å². The molecule has 22 heavy (non-hydrogen) atoms. The van der Waals surface area contributed by atoms with E-state index in [0.717, 1.165) is 17.0 Å². The maximum atomic E-state index is 11.7. The lowest BCUT2D eigenvalue weighted by atomic mass is 10.1. The van der Waals surface area contributed by atoms with Crippen molar-refractivity contribution in [2.45, 2.75) is 40.3 Å². The van der Waals surface area contributed by atoms with Gasteiger partial charge >= 0.3 is 0 Å². The first-order valence-corrected chi connectivity index (χ1v) is 7.03. The smallest absolute Gasteiger partial charge is 0.239 e. The molecule has 0 saturated carbocycles. The van der Waals surface area contributed by atoms with Crippen molar-refractivity contribution in [3.05, 3.63) is 17.0 Å². The largest absolute Gasteiger partial charge is 0.350 e.